The highest BCUT2D eigenvalue weighted by atomic mass is 32.1. The SMILES string of the molecule is C=CC(=O)N1CCO[C@H]2CN(C(=O)N(C)[C@H](C(=O)N[C@H]3Cc4nc(cs4)-c4ccc5c(c4)c(c(-c4cccnc4[C@H](C)OC)n5CC)CC(C)(C)COC(=O)[C@@]4([SiH3])CCCN(N4)C3=O)C(C)C)C[C@H]21. The van der Waals surface area contributed by atoms with Gasteiger partial charge in [-0.25, -0.2) is 15.2 Å². The second-order valence-corrected chi connectivity index (χ2v) is 22.8. The number of fused-ring (bicyclic) bond motifs is 7. The summed E-state index contributed by atoms with van der Waals surface area (Å²) in [7, 11) is 3.61. The van der Waals surface area contributed by atoms with E-state index >= 15 is 0 Å². The van der Waals surface area contributed by atoms with Crippen LogP contribution < -0.4 is 10.7 Å². The van der Waals surface area contributed by atoms with E-state index in [-0.39, 0.29) is 62.2 Å². The molecule has 4 aromatic rings. The molecule has 17 nitrogen and oxygen atoms in total. The molecule has 6 bridgehead atoms. The zero-order chi connectivity index (χ0) is 49.5. The number of morpholine rings is 1. The van der Waals surface area contributed by atoms with E-state index in [1.54, 1.807) is 30.2 Å². The molecule has 6 atom stereocenters. The Balaban J connectivity index is 1.15. The fourth-order valence-electron chi connectivity index (χ4n) is 10.6. The molecule has 0 radical (unpaired) electrons. The van der Waals surface area contributed by atoms with Crippen molar-refractivity contribution >= 4 is 62.2 Å². The van der Waals surface area contributed by atoms with Crippen molar-refractivity contribution in [3.05, 3.63) is 70.8 Å². The van der Waals surface area contributed by atoms with Crippen LogP contribution in [0.3, 0.4) is 0 Å². The van der Waals surface area contributed by atoms with E-state index in [1.165, 1.54) is 27.3 Å². The molecule has 8 rings (SSSR count). The van der Waals surface area contributed by atoms with Gasteiger partial charge in [-0.2, -0.15) is 0 Å². The van der Waals surface area contributed by atoms with Crippen molar-refractivity contribution in [1.82, 2.24) is 45.0 Å². The van der Waals surface area contributed by atoms with Crippen LogP contribution in [-0.2, 0) is 52.8 Å². The van der Waals surface area contributed by atoms with Gasteiger partial charge < -0.3 is 38.8 Å². The lowest BCUT2D eigenvalue weighted by Crippen LogP contribution is -2.67. The van der Waals surface area contributed by atoms with E-state index in [0.717, 1.165) is 44.7 Å². The number of nitrogens with zero attached hydrogens (tertiary/aromatic N) is 7. The van der Waals surface area contributed by atoms with Crippen LogP contribution in [0.1, 0.15) is 76.8 Å². The molecular formula is C50H67N9O8SSi. The lowest BCUT2D eigenvalue weighted by Gasteiger charge is -2.41. The molecule has 0 unspecified atom stereocenters. The number of likely N-dealkylation sites (tertiary alicyclic amines) is 1. The lowest BCUT2D eigenvalue weighted by molar-refractivity contribution is -0.158. The van der Waals surface area contributed by atoms with Crippen LogP contribution in [-0.4, -0.2) is 157 Å². The van der Waals surface area contributed by atoms with Gasteiger partial charge in [0.15, 0.2) is 0 Å². The van der Waals surface area contributed by atoms with Crippen molar-refractivity contribution in [3.8, 4) is 22.5 Å². The lowest BCUT2D eigenvalue weighted by atomic mass is 9.84. The van der Waals surface area contributed by atoms with Gasteiger partial charge in [0.05, 0.1) is 60.1 Å². The number of aryl methyl sites for hydroxylation is 1. The minimum atomic E-state index is -1.11. The van der Waals surface area contributed by atoms with Crippen LogP contribution in [0.5, 0.6) is 0 Å². The normalized spacial score (nSPS) is 23.8. The molecule has 3 fully saturated rings. The molecule has 7 heterocycles. The molecule has 0 spiro atoms. The van der Waals surface area contributed by atoms with Gasteiger partial charge in [0.2, 0.25) is 11.8 Å². The molecule has 0 saturated carbocycles. The monoisotopic (exact) mass is 981 g/mol. The van der Waals surface area contributed by atoms with Crippen LogP contribution in [0, 0.1) is 11.3 Å². The summed E-state index contributed by atoms with van der Waals surface area (Å²) in [6.07, 6.45) is 4.10. The third-order valence-electron chi connectivity index (χ3n) is 14.2. The number of rotatable bonds is 9. The van der Waals surface area contributed by atoms with Gasteiger partial charge >= 0.3 is 12.0 Å². The molecule has 5 amide bonds. The highest BCUT2D eigenvalue weighted by Crippen LogP contribution is 2.42. The minimum Gasteiger partial charge on any atom is -0.464 e. The van der Waals surface area contributed by atoms with Crippen LogP contribution >= 0.6 is 11.3 Å². The Bertz CT molecular complexity index is 2630. The van der Waals surface area contributed by atoms with Crippen LogP contribution in [0.4, 0.5) is 4.79 Å². The zero-order valence-electron chi connectivity index (χ0n) is 41.4. The summed E-state index contributed by atoms with van der Waals surface area (Å²) in [6, 6.07) is 7.62. The number of aromatic nitrogens is 3. The van der Waals surface area contributed by atoms with Gasteiger partial charge in [-0.05, 0) is 74.9 Å². The predicted molar refractivity (Wildman–Crippen MR) is 267 cm³/mol. The first kappa shape index (κ1) is 49.9. The molecule has 4 aliphatic heterocycles. The molecule has 2 N–H and O–H groups in total. The number of hydrogen-bond donors (Lipinski definition) is 2. The number of hydrogen-bond acceptors (Lipinski definition) is 12. The molecule has 69 heavy (non-hydrogen) atoms. The third kappa shape index (κ3) is 9.85. The number of urea groups is 1. The number of carbonyl (C=O) groups excluding carboxylic acids is 5. The van der Waals surface area contributed by atoms with Gasteiger partial charge in [0.1, 0.15) is 17.2 Å². The van der Waals surface area contributed by atoms with Gasteiger partial charge in [-0.1, -0.05) is 40.3 Å². The topological polar surface area (TPSA) is 181 Å². The van der Waals surface area contributed by atoms with Crippen molar-refractivity contribution in [2.45, 2.75) is 109 Å². The summed E-state index contributed by atoms with van der Waals surface area (Å²) < 4.78 is 20.4. The van der Waals surface area contributed by atoms with Crippen molar-refractivity contribution in [2.24, 2.45) is 11.3 Å². The maximum atomic E-state index is 14.9. The number of pyridine rings is 1. The van der Waals surface area contributed by atoms with E-state index in [9.17, 15) is 24.0 Å². The quantitative estimate of drug-likeness (QED) is 0.140. The maximum absolute atomic E-state index is 14.9. The highest BCUT2D eigenvalue weighted by Gasteiger charge is 2.47. The fraction of sp³-hybridized carbons (Fsp3) is 0.540. The van der Waals surface area contributed by atoms with E-state index in [4.69, 9.17) is 24.2 Å². The summed E-state index contributed by atoms with van der Waals surface area (Å²) in [6.45, 7) is 18.1. The summed E-state index contributed by atoms with van der Waals surface area (Å²) in [5, 5.41) is 7.06. The molecular weight excluding hydrogens is 915 g/mol. The molecule has 370 valence electrons. The largest absolute Gasteiger partial charge is 0.464 e. The highest BCUT2D eigenvalue weighted by molar-refractivity contribution is 7.10. The van der Waals surface area contributed by atoms with Crippen LogP contribution in [0.2, 0.25) is 0 Å². The van der Waals surface area contributed by atoms with Crippen LogP contribution in [0.25, 0.3) is 33.4 Å². The Morgan fingerprint density at radius 3 is 2.67 bits per heavy atom. The summed E-state index contributed by atoms with van der Waals surface area (Å²) in [5.74, 6) is -1.91. The number of benzene rings is 1. The molecule has 19 heteroatoms. The standard InChI is InChI=1S/C50H67N9O8SSi/c1-10-41(60)58-20-21-66-39-26-56(25-38(39)58)48(64)55(8)43(29(3)4)45(61)53-35-23-40-52-36(27-68-40)31-15-16-37-33(22-31)34(44(57(37)11-2)32-14-12-18-51-42(32)30(5)65-9)24-49(6,7)28-67-47(63)50(69)17-13-19-59(54-50)46(35)62/h10,12,14-16,18,22,27,29-30,35,38-39,43,54H,1,11,13,17,19-21,23-26,28H2,2-9,69H3,(H,53,61)/t30-,35-,38+,39-,43-,50-/m0/s1. The zero-order valence-corrected chi connectivity index (χ0v) is 44.2. The van der Waals surface area contributed by atoms with Gasteiger partial charge in [-0.3, -0.25) is 29.2 Å². The number of nitrogens with one attached hydrogen (secondary N) is 2. The third-order valence-corrected chi connectivity index (χ3v) is 16.2. The Labute approximate surface area is 411 Å². The summed E-state index contributed by atoms with van der Waals surface area (Å²) >= 11 is 1.41. The number of likely N-dealkylation sites (N-methyl/N-ethyl adjacent to an activating group) is 1. The van der Waals surface area contributed by atoms with Gasteiger partial charge in [-0.15, -0.1) is 11.3 Å². The Morgan fingerprint density at radius 2 is 1.94 bits per heavy atom. The van der Waals surface area contributed by atoms with E-state index < -0.39 is 40.4 Å². The number of cyclic esters (lactones) is 1. The average Bonchev–Trinajstić information content (AvgIpc) is 4.07. The van der Waals surface area contributed by atoms with Crippen molar-refractivity contribution in [3.63, 3.8) is 0 Å². The number of esters is 1. The maximum Gasteiger partial charge on any atom is 0.323 e. The van der Waals surface area contributed by atoms with Crippen molar-refractivity contribution < 1.29 is 38.2 Å². The summed E-state index contributed by atoms with van der Waals surface area (Å²) in [4.78, 5) is 85.4. The number of thiazole rings is 1. The van der Waals surface area contributed by atoms with E-state index in [1.807, 2.05) is 32.2 Å². The van der Waals surface area contributed by atoms with Crippen LogP contribution in [0.15, 0.2) is 54.6 Å². The number of hydrazine groups is 1. The van der Waals surface area contributed by atoms with Gasteiger partial charge in [0.25, 0.3) is 5.91 Å². The number of amides is 5. The molecule has 4 aliphatic rings. The smallest absolute Gasteiger partial charge is 0.323 e. The molecule has 3 aromatic heterocycles. The molecule has 1 aromatic carbocycles. The molecule has 0 aliphatic carbocycles. The molecule has 3 saturated heterocycles. The first-order valence-corrected chi connectivity index (χ1v) is 26.0. The Kier molecular flexibility index (Phi) is 14.5. The number of methoxy groups -OCH3 is 1. The number of ether oxygens (including phenoxy) is 3. The second-order valence-electron chi connectivity index (χ2n) is 20.2. The first-order chi connectivity index (χ1) is 32.9. The first-order valence-electron chi connectivity index (χ1n) is 24.1. The van der Waals surface area contributed by atoms with Crippen molar-refractivity contribution in [1.29, 1.82) is 0 Å². The van der Waals surface area contributed by atoms with E-state index in [0.29, 0.717) is 60.8 Å². The van der Waals surface area contributed by atoms with Crippen molar-refractivity contribution in [2.75, 3.05) is 53.6 Å². The Morgan fingerprint density at radius 1 is 1.16 bits per heavy atom. The average molecular weight is 982 g/mol. The fourth-order valence-corrected chi connectivity index (χ4v) is 12.2. The summed E-state index contributed by atoms with van der Waals surface area (Å²) in [5.41, 5.74) is 9.38. The minimum absolute atomic E-state index is 0.0635. The second kappa shape index (κ2) is 20.1. The number of carbonyl (C=O) groups is 5. The Hall–Kier alpha value is -5.47. The predicted octanol–water partition coefficient (Wildman–Crippen LogP) is 4.07. The van der Waals surface area contributed by atoms with Gasteiger partial charge in [0, 0.05) is 96.0 Å². The van der Waals surface area contributed by atoms with E-state index in [2.05, 4.69) is 66.9 Å².